The molecule has 0 saturated carbocycles. The summed E-state index contributed by atoms with van der Waals surface area (Å²) in [6.07, 6.45) is 0. The minimum atomic E-state index is -0.504. The summed E-state index contributed by atoms with van der Waals surface area (Å²) in [7, 11) is 0. The summed E-state index contributed by atoms with van der Waals surface area (Å²) >= 11 is 17.6. The zero-order valence-electron chi connectivity index (χ0n) is 18.3. The van der Waals surface area contributed by atoms with E-state index in [1.807, 2.05) is 31.2 Å². The molecule has 6 nitrogen and oxygen atoms in total. The van der Waals surface area contributed by atoms with Crippen LogP contribution in [0.25, 0.3) is 33.9 Å². The van der Waals surface area contributed by atoms with E-state index < -0.39 is 5.91 Å². The first-order chi connectivity index (χ1) is 16.9. The number of benzene rings is 3. The highest BCUT2D eigenvalue weighted by molar-refractivity contribution is 7.80. The van der Waals surface area contributed by atoms with Crippen molar-refractivity contribution in [2.75, 3.05) is 5.32 Å². The average Bonchev–Trinajstić information content (AvgIpc) is 3.48. The average molecular weight is 522 g/mol. The topological polar surface area (TPSA) is 80.3 Å². The molecule has 0 atom stereocenters. The fourth-order valence-electron chi connectivity index (χ4n) is 3.53. The number of nitrogens with zero attached hydrogens (tertiary/aromatic N) is 1. The number of carbonyl (C=O) groups excluding carboxylic acids is 1. The van der Waals surface area contributed by atoms with Crippen molar-refractivity contribution in [3.05, 3.63) is 94.2 Å². The third-order valence-corrected chi connectivity index (χ3v) is 6.21. The largest absolute Gasteiger partial charge is 0.451 e. The van der Waals surface area contributed by atoms with E-state index in [9.17, 15) is 4.79 Å². The van der Waals surface area contributed by atoms with Gasteiger partial charge < -0.3 is 14.2 Å². The molecule has 2 N–H and O–H groups in total. The number of thiocarbonyl (C=S) groups is 1. The first-order valence-corrected chi connectivity index (χ1v) is 11.7. The molecule has 1 amide bonds. The minimum absolute atomic E-state index is 0.0786. The molecule has 0 aliphatic heterocycles. The van der Waals surface area contributed by atoms with E-state index in [-0.39, 0.29) is 10.9 Å². The molecule has 0 unspecified atom stereocenters. The van der Waals surface area contributed by atoms with E-state index in [0.29, 0.717) is 44.0 Å². The Balaban J connectivity index is 1.28. The molecular formula is C26H17Cl2N3O3S. The van der Waals surface area contributed by atoms with Gasteiger partial charge in [0.05, 0.1) is 10.0 Å². The number of rotatable bonds is 4. The molecule has 5 rings (SSSR count). The first-order valence-electron chi connectivity index (χ1n) is 10.5. The SMILES string of the molecule is Cc1cccc(-c2nc3cc(NC(=S)NC(=O)c4ccc(-c5cccc(Cl)c5Cl)o4)ccc3o2)c1. The van der Waals surface area contributed by atoms with Crippen molar-refractivity contribution in [3.63, 3.8) is 0 Å². The molecule has 0 spiro atoms. The van der Waals surface area contributed by atoms with Crippen molar-refractivity contribution in [1.29, 1.82) is 0 Å². The van der Waals surface area contributed by atoms with Gasteiger partial charge in [-0.15, -0.1) is 0 Å². The van der Waals surface area contributed by atoms with Crippen LogP contribution in [0.4, 0.5) is 5.69 Å². The summed E-state index contributed by atoms with van der Waals surface area (Å²) < 4.78 is 11.5. The first kappa shape index (κ1) is 23.1. The van der Waals surface area contributed by atoms with Crippen LogP contribution in [-0.2, 0) is 0 Å². The van der Waals surface area contributed by atoms with E-state index in [1.54, 1.807) is 48.5 Å². The molecule has 3 aromatic carbocycles. The number of oxazole rings is 1. The highest BCUT2D eigenvalue weighted by Gasteiger charge is 2.16. The number of hydrogen-bond donors (Lipinski definition) is 2. The Labute approximate surface area is 215 Å². The second-order valence-electron chi connectivity index (χ2n) is 7.74. The van der Waals surface area contributed by atoms with Gasteiger partial charge in [0.2, 0.25) is 5.89 Å². The van der Waals surface area contributed by atoms with Crippen LogP contribution in [0.15, 0.2) is 81.6 Å². The highest BCUT2D eigenvalue weighted by atomic mass is 35.5. The summed E-state index contributed by atoms with van der Waals surface area (Å²) in [5.74, 6) is 0.527. The molecule has 0 aliphatic carbocycles. The zero-order chi connectivity index (χ0) is 24.5. The maximum atomic E-state index is 12.6. The van der Waals surface area contributed by atoms with Crippen molar-refractivity contribution < 1.29 is 13.6 Å². The molecule has 0 saturated heterocycles. The fraction of sp³-hybridized carbons (Fsp3) is 0.0385. The number of halogens is 2. The fourth-order valence-corrected chi connectivity index (χ4v) is 4.14. The van der Waals surface area contributed by atoms with Crippen LogP contribution in [0.5, 0.6) is 0 Å². The van der Waals surface area contributed by atoms with E-state index in [4.69, 9.17) is 44.3 Å². The predicted octanol–water partition coefficient (Wildman–Crippen LogP) is 7.50. The Kier molecular flexibility index (Phi) is 6.30. The molecule has 5 aromatic rings. The lowest BCUT2D eigenvalue weighted by molar-refractivity contribution is 0.0951. The number of carbonyl (C=O) groups is 1. The molecule has 2 heterocycles. The van der Waals surface area contributed by atoms with Crippen LogP contribution in [-0.4, -0.2) is 16.0 Å². The van der Waals surface area contributed by atoms with Crippen LogP contribution in [0, 0.1) is 6.92 Å². The van der Waals surface area contributed by atoms with E-state index in [1.165, 1.54) is 0 Å². The molecule has 0 fully saturated rings. The van der Waals surface area contributed by atoms with Gasteiger partial charge in [0.25, 0.3) is 5.91 Å². The van der Waals surface area contributed by atoms with Gasteiger partial charge in [0.1, 0.15) is 11.3 Å². The highest BCUT2D eigenvalue weighted by Crippen LogP contribution is 2.34. The Morgan fingerprint density at radius 2 is 1.80 bits per heavy atom. The number of anilines is 1. The summed E-state index contributed by atoms with van der Waals surface area (Å²) in [5, 5.41) is 6.44. The molecule has 174 valence electrons. The summed E-state index contributed by atoms with van der Waals surface area (Å²) in [6, 6.07) is 21.7. The molecule has 0 aliphatic rings. The second-order valence-corrected chi connectivity index (χ2v) is 8.94. The Bertz CT molecular complexity index is 1590. The lowest BCUT2D eigenvalue weighted by Gasteiger charge is -2.08. The standard InChI is InChI=1S/C26H17Cl2N3O3S/c1-14-4-2-5-15(12-14)25-30-19-13-16(8-9-21(19)34-25)29-26(35)31-24(32)22-11-10-20(33-22)17-6-3-7-18(27)23(17)28/h2-13H,1H3,(H2,29,31,32,35). The monoisotopic (exact) mass is 521 g/mol. The van der Waals surface area contributed by atoms with Gasteiger partial charge in [-0.25, -0.2) is 4.98 Å². The molecule has 0 radical (unpaired) electrons. The molecular weight excluding hydrogens is 505 g/mol. The maximum Gasteiger partial charge on any atom is 0.293 e. The van der Waals surface area contributed by atoms with Crippen molar-refractivity contribution in [3.8, 4) is 22.8 Å². The molecule has 2 aromatic heterocycles. The number of hydrogen-bond acceptors (Lipinski definition) is 5. The number of fused-ring (bicyclic) bond motifs is 1. The third-order valence-electron chi connectivity index (χ3n) is 5.18. The number of aromatic nitrogens is 1. The molecule has 9 heteroatoms. The number of nitrogens with one attached hydrogen (secondary N) is 2. The summed E-state index contributed by atoms with van der Waals surface area (Å²) in [6.45, 7) is 2.01. The quantitative estimate of drug-likeness (QED) is 0.238. The lowest BCUT2D eigenvalue weighted by Crippen LogP contribution is -2.33. The smallest absolute Gasteiger partial charge is 0.293 e. The van der Waals surface area contributed by atoms with Gasteiger partial charge in [-0.05, 0) is 73.7 Å². The van der Waals surface area contributed by atoms with Gasteiger partial charge >= 0.3 is 0 Å². The van der Waals surface area contributed by atoms with Crippen molar-refractivity contribution in [2.45, 2.75) is 6.92 Å². The minimum Gasteiger partial charge on any atom is -0.451 e. The van der Waals surface area contributed by atoms with Gasteiger partial charge in [-0.2, -0.15) is 0 Å². The Morgan fingerprint density at radius 3 is 2.63 bits per heavy atom. The number of furan rings is 1. The van der Waals surface area contributed by atoms with Gasteiger partial charge in [0, 0.05) is 16.8 Å². The lowest BCUT2D eigenvalue weighted by atomic mass is 10.1. The van der Waals surface area contributed by atoms with E-state index >= 15 is 0 Å². The van der Waals surface area contributed by atoms with Gasteiger partial charge in [-0.1, -0.05) is 47.0 Å². The van der Waals surface area contributed by atoms with Crippen LogP contribution in [0.1, 0.15) is 16.1 Å². The van der Waals surface area contributed by atoms with Gasteiger partial charge in [0.15, 0.2) is 16.5 Å². The Hall–Kier alpha value is -3.65. The third kappa shape index (κ3) is 4.93. The van der Waals surface area contributed by atoms with Crippen LogP contribution in [0.3, 0.4) is 0 Å². The number of aryl methyl sites for hydroxylation is 1. The normalized spacial score (nSPS) is 10.9. The predicted molar refractivity (Wildman–Crippen MR) is 142 cm³/mol. The van der Waals surface area contributed by atoms with Gasteiger partial charge in [-0.3, -0.25) is 10.1 Å². The maximum absolute atomic E-state index is 12.6. The van der Waals surface area contributed by atoms with E-state index in [0.717, 1.165) is 11.1 Å². The van der Waals surface area contributed by atoms with Crippen LogP contribution in [0.2, 0.25) is 10.0 Å². The van der Waals surface area contributed by atoms with E-state index in [2.05, 4.69) is 15.6 Å². The van der Waals surface area contributed by atoms with Crippen LogP contribution < -0.4 is 10.6 Å². The zero-order valence-corrected chi connectivity index (χ0v) is 20.6. The summed E-state index contributed by atoms with van der Waals surface area (Å²) in [4.78, 5) is 17.2. The summed E-state index contributed by atoms with van der Waals surface area (Å²) in [5.41, 5.74) is 4.56. The second kappa shape index (κ2) is 9.54. The van der Waals surface area contributed by atoms with Crippen molar-refractivity contribution in [2.24, 2.45) is 0 Å². The Morgan fingerprint density at radius 1 is 0.971 bits per heavy atom. The van der Waals surface area contributed by atoms with Crippen molar-refractivity contribution >= 4 is 63.2 Å². The molecule has 35 heavy (non-hydrogen) atoms. The number of amides is 1. The van der Waals surface area contributed by atoms with Crippen molar-refractivity contribution in [1.82, 2.24) is 10.3 Å². The molecule has 0 bridgehead atoms. The van der Waals surface area contributed by atoms with Crippen LogP contribution >= 0.6 is 35.4 Å².